The Hall–Kier alpha value is -5.10. The summed E-state index contributed by atoms with van der Waals surface area (Å²) in [6, 6.07) is 11.2. The van der Waals surface area contributed by atoms with E-state index in [2.05, 4.69) is 37.7 Å². The van der Waals surface area contributed by atoms with E-state index in [1.165, 1.54) is 18.4 Å². The predicted molar refractivity (Wildman–Crippen MR) is 215 cm³/mol. The predicted octanol–water partition coefficient (Wildman–Crippen LogP) is 5.25. The second-order valence-corrected chi connectivity index (χ2v) is 17.8. The third kappa shape index (κ3) is 8.39. The molecule has 1 N–H and O–H groups in total. The first-order chi connectivity index (χ1) is 27.7. The molecule has 4 aliphatic heterocycles. The number of piperazine rings is 1. The lowest BCUT2D eigenvalue weighted by Crippen LogP contribution is -2.58. The van der Waals surface area contributed by atoms with E-state index in [9.17, 15) is 26.4 Å². The first-order valence-corrected chi connectivity index (χ1v) is 21.6. The fourth-order valence-corrected chi connectivity index (χ4v) is 9.95. The molecular formula is C40H46F4N10O3S. The molecule has 0 spiro atoms. The van der Waals surface area contributed by atoms with Crippen LogP contribution in [0, 0.1) is 5.92 Å². The van der Waals surface area contributed by atoms with E-state index in [0.29, 0.717) is 76.4 Å². The molecule has 18 heteroatoms. The van der Waals surface area contributed by atoms with Crippen LogP contribution in [-0.2, 0) is 20.8 Å². The lowest BCUT2D eigenvalue weighted by Gasteiger charge is -2.44. The number of carbonyl (C=O) groups excluding carboxylic acids is 1. The van der Waals surface area contributed by atoms with E-state index in [-0.39, 0.29) is 42.0 Å². The molecule has 0 saturated carbocycles. The van der Waals surface area contributed by atoms with Crippen LogP contribution in [0.4, 0.5) is 46.7 Å². The second kappa shape index (κ2) is 15.9. The van der Waals surface area contributed by atoms with E-state index in [1.807, 2.05) is 26.8 Å². The van der Waals surface area contributed by atoms with Crippen molar-refractivity contribution in [2.45, 2.75) is 43.7 Å². The highest BCUT2D eigenvalue weighted by molar-refractivity contribution is 7.90. The number of rotatable bonds is 10. The molecule has 4 aliphatic rings. The Labute approximate surface area is 334 Å². The number of aromatic nitrogens is 4. The first-order valence-electron chi connectivity index (χ1n) is 19.5. The summed E-state index contributed by atoms with van der Waals surface area (Å²) in [4.78, 5) is 40.3. The number of nitrogens with zero attached hydrogens (tertiary/aromatic N) is 9. The first kappa shape index (κ1) is 39.7. The van der Waals surface area contributed by atoms with Gasteiger partial charge in [0.05, 0.1) is 18.3 Å². The zero-order chi connectivity index (χ0) is 40.8. The molecule has 3 atom stereocenters. The Balaban J connectivity index is 0.957. The van der Waals surface area contributed by atoms with Crippen molar-refractivity contribution in [3.8, 4) is 0 Å². The number of likely N-dealkylation sites (tertiary alicyclic amines) is 1. The molecule has 3 aromatic heterocycles. The average molecular weight is 823 g/mol. The van der Waals surface area contributed by atoms with E-state index in [0.717, 1.165) is 40.9 Å². The summed E-state index contributed by atoms with van der Waals surface area (Å²) >= 11 is 0. The highest BCUT2D eigenvalue weighted by Gasteiger charge is 2.38. The standard InChI is InChI=1S/C40H46F4N10O3S/c1-3-38(55)54-14-5-6-32(54)27-9-10-31(53-22-26(23-53)25-58(2,56)57)29-21-46-36(20-28(27)29)48-35-11-13-45-39(49-35)52-15-12-33(30(41)24-52)50-16-18-51(19-17-50)37-8-4-7-34(47-37)40(42,43)44/h3-4,7-11,13,20-21,26,30,32-33H,1,5-6,12,14-19,22-25H2,2H3,(H,45,46,48,49)/t30-,32-,33+/m0/s1. The van der Waals surface area contributed by atoms with Gasteiger partial charge < -0.3 is 24.9 Å². The van der Waals surface area contributed by atoms with Gasteiger partial charge in [0.2, 0.25) is 11.9 Å². The van der Waals surface area contributed by atoms with Crippen molar-refractivity contribution in [3.05, 3.63) is 78.8 Å². The fourth-order valence-electron chi connectivity index (χ4n) is 8.88. The molecule has 1 aromatic carbocycles. The van der Waals surface area contributed by atoms with Gasteiger partial charge in [-0.2, -0.15) is 18.2 Å². The summed E-state index contributed by atoms with van der Waals surface area (Å²) in [7, 11) is -3.09. The van der Waals surface area contributed by atoms with E-state index < -0.39 is 27.9 Å². The normalized spacial score (nSPS) is 22.3. The summed E-state index contributed by atoms with van der Waals surface area (Å²) in [6.45, 7) is 8.08. The van der Waals surface area contributed by atoms with Crippen LogP contribution >= 0.6 is 0 Å². The van der Waals surface area contributed by atoms with Gasteiger partial charge in [-0.05, 0) is 66.6 Å². The Bertz CT molecular complexity index is 2280. The maximum Gasteiger partial charge on any atom is 0.433 e. The fraction of sp³-hybridized carbons (Fsp3) is 0.475. The maximum atomic E-state index is 15.9. The molecular weight excluding hydrogens is 777 g/mol. The SMILES string of the molecule is C=CC(=O)N1CCC[C@H]1c1ccc(N2CC(CS(C)(=O)=O)C2)c2cnc(Nc3ccnc(N4CC[C@@H](N5CCN(c6cccc(C(F)(F)F)n6)CC5)[C@@H](F)C4)n3)cc12. The van der Waals surface area contributed by atoms with Crippen LogP contribution in [-0.4, -0.2) is 127 Å². The van der Waals surface area contributed by atoms with Crippen molar-refractivity contribution in [1.29, 1.82) is 0 Å². The second-order valence-electron chi connectivity index (χ2n) is 15.6. The van der Waals surface area contributed by atoms with Crippen LogP contribution in [0.25, 0.3) is 10.8 Å². The van der Waals surface area contributed by atoms with Crippen molar-refractivity contribution in [2.75, 3.05) is 90.9 Å². The smallest absolute Gasteiger partial charge is 0.370 e. The van der Waals surface area contributed by atoms with E-state index in [1.54, 1.807) is 24.5 Å². The van der Waals surface area contributed by atoms with Gasteiger partial charge in [0.25, 0.3) is 0 Å². The Morgan fingerprint density at radius 2 is 1.71 bits per heavy atom. The lowest BCUT2D eigenvalue weighted by molar-refractivity contribution is -0.141. The number of nitrogens with one attached hydrogen (secondary N) is 1. The van der Waals surface area contributed by atoms with Gasteiger partial charge in [-0.3, -0.25) is 9.69 Å². The monoisotopic (exact) mass is 822 g/mol. The lowest BCUT2D eigenvalue weighted by atomic mass is 9.94. The zero-order valence-corrected chi connectivity index (χ0v) is 33.0. The minimum Gasteiger partial charge on any atom is -0.370 e. The highest BCUT2D eigenvalue weighted by atomic mass is 32.2. The van der Waals surface area contributed by atoms with Gasteiger partial charge in [-0.15, -0.1) is 0 Å². The van der Waals surface area contributed by atoms with Gasteiger partial charge in [-0.25, -0.2) is 27.8 Å². The maximum absolute atomic E-state index is 15.9. The molecule has 4 aromatic rings. The molecule has 1 amide bonds. The number of hydrogen-bond donors (Lipinski definition) is 1. The molecule has 13 nitrogen and oxygen atoms in total. The highest BCUT2D eigenvalue weighted by Crippen LogP contribution is 2.41. The van der Waals surface area contributed by atoms with Crippen molar-refractivity contribution in [1.82, 2.24) is 29.7 Å². The largest absolute Gasteiger partial charge is 0.433 e. The van der Waals surface area contributed by atoms with Gasteiger partial charge >= 0.3 is 6.18 Å². The van der Waals surface area contributed by atoms with Crippen LogP contribution in [0.5, 0.6) is 0 Å². The van der Waals surface area contributed by atoms with Crippen LogP contribution in [0.15, 0.2) is 67.5 Å². The number of carbonyl (C=O) groups is 1. The Kier molecular flexibility index (Phi) is 10.9. The van der Waals surface area contributed by atoms with Crippen molar-refractivity contribution < 1.29 is 30.8 Å². The number of pyridine rings is 2. The summed E-state index contributed by atoms with van der Waals surface area (Å²) in [5.74, 6) is 1.71. The molecule has 7 heterocycles. The van der Waals surface area contributed by atoms with Crippen LogP contribution < -0.4 is 20.0 Å². The third-order valence-electron chi connectivity index (χ3n) is 11.6. The van der Waals surface area contributed by atoms with Crippen molar-refractivity contribution >= 4 is 55.6 Å². The molecule has 308 valence electrons. The molecule has 0 aliphatic carbocycles. The molecule has 4 fully saturated rings. The van der Waals surface area contributed by atoms with Gasteiger partial charge in [0.15, 0.2) is 0 Å². The summed E-state index contributed by atoms with van der Waals surface area (Å²) in [5.41, 5.74) is 1.01. The number of hydrogen-bond acceptors (Lipinski definition) is 12. The number of piperidine rings is 1. The van der Waals surface area contributed by atoms with Crippen LogP contribution in [0.3, 0.4) is 0 Å². The van der Waals surface area contributed by atoms with Gasteiger partial charge in [0.1, 0.15) is 39.2 Å². The zero-order valence-electron chi connectivity index (χ0n) is 32.2. The summed E-state index contributed by atoms with van der Waals surface area (Å²) in [5, 5.41) is 5.12. The number of alkyl halides is 4. The molecule has 0 unspecified atom stereocenters. The van der Waals surface area contributed by atoms with Gasteiger partial charge in [0, 0.05) is 94.0 Å². The van der Waals surface area contributed by atoms with Crippen molar-refractivity contribution in [3.63, 3.8) is 0 Å². The van der Waals surface area contributed by atoms with Crippen molar-refractivity contribution in [2.24, 2.45) is 5.92 Å². The summed E-state index contributed by atoms with van der Waals surface area (Å²) < 4.78 is 79.4. The number of halogens is 4. The van der Waals surface area contributed by atoms with E-state index >= 15 is 4.39 Å². The Morgan fingerprint density at radius 1 is 0.914 bits per heavy atom. The Morgan fingerprint density at radius 3 is 2.43 bits per heavy atom. The van der Waals surface area contributed by atoms with Gasteiger partial charge in [-0.1, -0.05) is 18.7 Å². The topological polar surface area (TPSA) is 131 Å². The minimum absolute atomic E-state index is 0.0503. The number of anilines is 5. The number of fused-ring (bicyclic) bond motifs is 1. The quantitative estimate of drug-likeness (QED) is 0.166. The molecule has 0 bridgehead atoms. The molecule has 0 radical (unpaired) electrons. The number of sulfone groups is 1. The number of benzene rings is 1. The molecule has 58 heavy (non-hydrogen) atoms. The van der Waals surface area contributed by atoms with Crippen LogP contribution in [0.2, 0.25) is 0 Å². The minimum atomic E-state index is -4.52. The number of amides is 1. The average Bonchev–Trinajstić information content (AvgIpc) is 3.68. The molecule has 8 rings (SSSR count). The van der Waals surface area contributed by atoms with E-state index in [4.69, 9.17) is 9.97 Å². The summed E-state index contributed by atoms with van der Waals surface area (Å²) in [6.07, 6.45) is 2.49. The molecule has 4 saturated heterocycles. The third-order valence-corrected chi connectivity index (χ3v) is 12.7. The van der Waals surface area contributed by atoms with Crippen LogP contribution in [0.1, 0.15) is 36.6 Å².